The average Bonchev–Trinajstić information content (AvgIpc) is 2.98. The Bertz CT molecular complexity index is 581. The lowest BCUT2D eigenvalue weighted by Gasteiger charge is -2.14. The summed E-state index contributed by atoms with van der Waals surface area (Å²) in [7, 11) is 0. The van der Waals surface area contributed by atoms with Crippen LogP contribution in [0, 0.1) is 0 Å². The normalized spacial score (nSPS) is 12.2. The SMILES string of the molecule is CC(C)Oc1cccnc1C(=O)NCC(O)c1ccco1. The maximum atomic E-state index is 12.1. The average molecular weight is 290 g/mol. The summed E-state index contributed by atoms with van der Waals surface area (Å²) in [6.45, 7) is 3.77. The molecule has 6 nitrogen and oxygen atoms in total. The number of furan rings is 1. The molecule has 0 fully saturated rings. The summed E-state index contributed by atoms with van der Waals surface area (Å²) in [5.41, 5.74) is 0.192. The molecule has 0 spiro atoms. The molecular formula is C15H18N2O4. The molecule has 0 saturated heterocycles. The van der Waals surface area contributed by atoms with Crippen molar-refractivity contribution in [2.24, 2.45) is 0 Å². The van der Waals surface area contributed by atoms with Crippen LogP contribution in [0.4, 0.5) is 0 Å². The second-order valence-corrected chi connectivity index (χ2v) is 4.76. The molecule has 2 N–H and O–H groups in total. The van der Waals surface area contributed by atoms with Crippen molar-refractivity contribution in [3.05, 3.63) is 48.2 Å². The number of ether oxygens (including phenoxy) is 1. The van der Waals surface area contributed by atoms with Crippen molar-refractivity contribution in [3.63, 3.8) is 0 Å². The van der Waals surface area contributed by atoms with Gasteiger partial charge in [0.15, 0.2) is 11.4 Å². The molecule has 21 heavy (non-hydrogen) atoms. The van der Waals surface area contributed by atoms with E-state index in [1.165, 1.54) is 12.5 Å². The quantitative estimate of drug-likeness (QED) is 0.849. The van der Waals surface area contributed by atoms with Crippen molar-refractivity contribution >= 4 is 5.91 Å². The molecule has 1 atom stereocenters. The Hall–Kier alpha value is -2.34. The second kappa shape index (κ2) is 6.90. The number of rotatable bonds is 6. The van der Waals surface area contributed by atoms with Gasteiger partial charge in [-0.05, 0) is 38.1 Å². The molecular weight excluding hydrogens is 272 g/mol. The van der Waals surface area contributed by atoms with E-state index in [1.54, 1.807) is 24.3 Å². The summed E-state index contributed by atoms with van der Waals surface area (Å²) < 4.78 is 10.6. The molecule has 2 heterocycles. The van der Waals surface area contributed by atoms with Crippen LogP contribution in [-0.2, 0) is 0 Å². The number of nitrogens with one attached hydrogen (secondary N) is 1. The van der Waals surface area contributed by atoms with Crippen LogP contribution in [0.5, 0.6) is 5.75 Å². The van der Waals surface area contributed by atoms with Crippen LogP contribution in [0.2, 0.25) is 0 Å². The molecule has 0 saturated carbocycles. The molecule has 1 amide bonds. The minimum Gasteiger partial charge on any atom is -0.489 e. The van der Waals surface area contributed by atoms with E-state index in [1.807, 2.05) is 13.8 Å². The first kappa shape index (κ1) is 15.1. The van der Waals surface area contributed by atoms with Crippen LogP contribution in [-0.4, -0.2) is 28.6 Å². The minimum absolute atomic E-state index is 0.0318. The van der Waals surface area contributed by atoms with Gasteiger partial charge in [0.25, 0.3) is 5.91 Å². The number of aliphatic hydroxyl groups excluding tert-OH is 1. The van der Waals surface area contributed by atoms with Crippen LogP contribution in [0.25, 0.3) is 0 Å². The Kier molecular flexibility index (Phi) is 4.94. The number of nitrogens with zero attached hydrogens (tertiary/aromatic N) is 1. The monoisotopic (exact) mass is 290 g/mol. The smallest absolute Gasteiger partial charge is 0.273 e. The predicted octanol–water partition coefficient (Wildman–Crippen LogP) is 1.93. The lowest BCUT2D eigenvalue weighted by molar-refractivity contribution is 0.0890. The molecule has 2 aromatic rings. The summed E-state index contributed by atoms with van der Waals surface area (Å²) in [5.74, 6) is 0.407. The number of aromatic nitrogens is 1. The second-order valence-electron chi connectivity index (χ2n) is 4.76. The molecule has 0 aliphatic carbocycles. The highest BCUT2D eigenvalue weighted by Gasteiger charge is 2.17. The number of hydrogen-bond donors (Lipinski definition) is 2. The Labute approximate surface area is 122 Å². The van der Waals surface area contributed by atoms with E-state index < -0.39 is 12.0 Å². The maximum absolute atomic E-state index is 12.1. The molecule has 2 aromatic heterocycles. The molecule has 6 heteroatoms. The number of amides is 1. The molecule has 2 rings (SSSR count). The summed E-state index contributed by atoms with van der Waals surface area (Å²) >= 11 is 0. The number of carbonyl (C=O) groups excluding carboxylic acids is 1. The Morgan fingerprint density at radius 3 is 2.90 bits per heavy atom. The van der Waals surface area contributed by atoms with E-state index in [9.17, 15) is 9.90 Å². The topological polar surface area (TPSA) is 84.6 Å². The van der Waals surface area contributed by atoms with Gasteiger partial charge >= 0.3 is 0 Å². The lowest BCUT2D eigenvalue weighted by atomic mass is 10.2. The van der Waals surface area contributed by atoms with Crippen LogP contribution in [0.1, 0.15) is 36.2 Å². The highest BCUT2D eigenvalue weighted by atomic mass is 16.5. The first-order chi connectivity index (χ1) is 10.1. The Morgan fingerprint density at radius 1 is 1.43 bits per heavy atom. The van der Waals surface area contributed by atoms with Crippen molar-refractivity contribution < 1.29 is 19.1 Å². The van der Waals surface area contributed by atoms with Crippen molar-refractivity contribution in [2.75, 3.05) is 6.54 Å². The zero-order chi connectivity index (χ0) is 15.2. The number of carbonyl (C=O) groups is 1. The first-order valence-corrected chi connectivity index (χ1v) is 6.69. The Balaban J connectivity index is 2.00. The number of pyridine rings is 1. The van der Waals surface area contributed by atoms with E-state index in [4.69, 9.17) is 9.15 Å². The fourth-order valence-corrected chi connectivity index (χ4v) is 1.76. The first-order valence-electron chi connectivity index (χ1n) is 6.69. The molecule has 0 aromatic carbocycles. The molecule has 112 valence electrons. The molecule has 0 aliphatic rings. The van der Waals surface area contributed by atoms with Crippen molar-refractivity contribution in [2.45, 2.75) is 26.1 Å². The van der Waals surface area contributed by atoms with Crippen LogP contribution < -0.4 is 10.1 Å². The molecule has 1 unspecified atom stereocenters. The van der Waals surface area contributed by atoms with Gasteiger partial charge in [-0.2, -0.15) is 0 Å². The van der Waals surface area contributed by atoms with Crippen molar-refractivity contribution in [1.82, 2.24) is 10.3 Å². The van der Waals surface area contributed by atoms with E-state index in [0.29, 0.717) is 11.5 Å². The van der Waals surface area contributed by atoms with Crippen molar-refractivity contribution in [1.29, 1.82) is 0 Å². The third kappa shape index (κ3) is 4.06. The summed E-state index contributed by atoms with van der Waals surface area (Å²) in [5, 5.41) is 12.5. The third-order valence-electron chi connectivity index (χ3n) is 2.68. The lowest BCUT2D eigenvalue weighted by Crippen LogP contribution is -2.29. The van der Waals surface area contributed by atoms with Crippen molar-refractivity contribution in [3.8, 4) is 5.75 Å². The highest BCUT2D eigenvalue weighted by Crippen LogP contribution is 2.17. The number of aliphatic hydroxyl groups is 1. The zero-order valence-corrected chi connectivity index (χ0v) is 11.9. The predicted molar refractivity (Wildman–Crippen MR) is 76.0 cm³/mol. The third-order valence-corrected chi connectivity index (χ3v) is 2.68. The van der Waals surface area contributed by atoms with Gasteiger partial charge < -0.3 is 19.6 Å². The van der Waals surface area contributed by atoms with Gasteiger partial charge in [0, 0.05) is 6.20 Å². The van der Waals surface area contributed by atoms with Crippen LogP contribution in [0.3, 0.4) is 0 Å². The van der Waals surface area contributed by atoms with Gasteiger partial charge in [0.05, 0.1) is 18.9 Å². The molecule has 0 aliphatic heterocycles. The van der Waals surface area contributed by atoms with Gasteiger partial charge in [-0.15, -0.1) is 0 Å². The molecule has 0 radical (unpaired) electrons. The van der Waals surface area contributed by atoms with Gasteiger partial charge in [-0.25, -0.2) is 4.98 Å². The van der Waals surface area contributed by atoms with E-state index in [0.717, 1.165) is 0 Å². The van der Waals surface area contributed by atoms with Gasteiger partial charge in [-0.1, -0.05) is 0 Å². The summed E-state index contributed by atoms with van der Waals surface area (Å²) in [6.07, 6.45) is 2.02. The summed E-state index contributed by atoms with van der Waals surface area (Å²) in [4.78, 5) is 16.2. The molecule has 0 bridgehead atoms. The standard InChI is InChI=1S/C15H18N2O4/c1-10(2)21-13-5-3-7-16-14(13)15(19)17-9-11(18)12-6-4-8-20-12/h3-8,10-11,18H,9H2,1-2H3,(H,17,19). The Morgan fingerprint density at radius 2 is 2.24 bits per heavy atom. The minimum atomic E-state index is -0.901. The zero-order valence-electron chi connectivity index (χ0n) is 11.9. The van der Waals surface area contributed by atoms with Crippen LogP contribution >= 0.6 is 0 Å². The van der Waals surface area contributed by atoms with Crippen LogP contribution in [0.15, 0.2) is 41.1 Å². The highest BCUT2D eigenvalue weighted by molar-refractivity contribution is 5.94. The summed E-state index contributed by atoms with van der Waals surface area (Å²) in [6, 6.07) is 6.70. The fourth-order valence-electron chi connectivity index (χ4n) is 1.76. The van der Waals surface area contributed by atoms with E-state index in [-0.39, 0.29) is 18.3 Å². The largest absolute Gasteiger partial charge is 0.489 e. The van der Waals surface area contributed by atoms with Gasteiger partial charge in [0.2, 0.25) is 0 Å². The fraction of sp³-hybridized carbons (Fsp3) is 0.333. The number of hydrogen-bond acceptors (Lipinski definition) is 5. The maximum Gasteiger partial charge on any atom is 0.273 e. The van der Waals surface area contributed by atoms with Gasteiger partial charge in [-0.3, -0.25) is 4.79 Å². The van der Waals surface area contributed by atoms with E-state index in [2.05, 4.69) is 10.3 Å². The van der Waals surface area contributed by atoms with Gasteiger partial charge in [0.1, 0.15) is 11.9 Å². The van der Waals surface area contributed by atoms with E-state index >= 15 is 0 Å².